The SMILES string of the molecule is CCN(CC)CCOc1ccc(Oc2cc(-c3cc4ccccc4s3)c(O)cc2O)cc1. The summed E-state index contributed by atoms with van der Waals surface area (Å²) in [7, 11) is 0. The van der Waals surface area contributed by atoms with Crippen LogP contribution in [0.25, 0.3) is 20.5 Å². The molecular weight excluding hydrogens is 422 g/mol. The zero-order valence-electron chi connectivity index (χ0n) is 18.2. The molecule has 0 atom stereocenters. The van der Waals surface area contributed by atoms with Crippen LogP contribution in [0.15, 0.2) is 66.7 Å². The fourth-order valence-electron chi connectivity index (χ4n) is 3.51. The van der Waals surface area contributed by atoms with E-state index in [-0.39, 0.29) is 17.2 Å². The van der Waals surface area contributed by atoms with Crippen LogP contribution in [0, 0.1) is 0 Å². The minimum absolute atomic E-state index is 0.0124. The molecule has 5 nitrogen and oxygen atoms in total. The van der Waals surface area contributed by atoms with Crippen LogP contribution in [-0.2, 0) is 0 Å². The van der Waals surface area contributed by atoms with Crippen LogP contribution in [0.5, 0.6) is 28.7 Å². The molecule has 166 valence electrons. The van der Waals surface area contributed by atoms with E-state index in [0.29, 0.717) is 17.9 Å². The Kier molecular flexibility index (Phi) is 6.83. The lowest BCUT2D eigenvalue weighted by Crippen LogP contribution is -2.27. The van der Waals surface area contributed by atoms with Crippen LogP contribution in [0.1, 0.15) is 13.8 Å². The molecule has 4 aromatic rings. The molecule has 0 aliphatic carbocycles. The molecule has 2 N–H and O–H groups in total. The smallest absolute Gasteiger partial charge is 0.169 e. The molecule has 0 aliphatic heterocycles. The summed E-state index contributed by atoms with van der Waals surface area (Å²) in [5, 5.41) is 21.9. The first-order valence-electron chi connectivity index (χ1n) is 10.8. The van der Waals surface area contributed by atoms with Crippen molar-refractivity contribution in [3.8, 4) is 39.2 Å². The number of hydrogen-bond acceptors (Lipinski definition) is 6. The topological polar surface area (TPSA) is 62.2 Å². The Morgan fingerprint density at radius 3 is 2.28 bits per heavy atom. The fourth-order valence-corrected chi connectivity index (χ4v) is 4.60. The third-order valence-corrected chi connectivity index (χ3v) is 6.54. The lowest BCUT2D eigenvalue weighted by Gasteiger charge is -2.18. The van der Waals surface area contributed by atoms with Gasteiger partial charge in [0, 0.05) is 27.8 Å². The highest BCUT2D eigenvalue weighted by Gasteiger charge is 2.15. The highest BCUT2D eigenvalue weighted by molar-refractivity contribution is 7.22. The second kappa shape index (κ2) is 9.94. The molecule has 0 bridgehead atoms. The summed E-state index contributed by atoms with van der Waals surface area (Å²) in [6, 6.07) is 20.4. The van der Waals surface area contributed by atoms with E-state index in [0.717, 1.165) is 40.3 Å². The van der Waals surface area contributed by atoms with Crippen molar-refractivity contribution in [2.24, 2.45) is 0 Å². The first kappa shape index (κ1) is 22.0. The van der Waals surface area contributed by atoms with Gasteiger partial charge in [0.1, 0.15) is 23.9 Å². The van der Waals surface area contributed by atoms with Crippen LogP contribution in [-0.4, -0.2) is 41.4 Å². The number of hydrogen-bond donors (Lipinski definition) is 2. The summed E-state index contributed by atoms with van der Waals surface area (Å²) in [5.41, 5.74) is 0.621. The van der Waals surface area contributed by atoms with Gasteiger partial charge in [-0.15, -0.1) is 11.3 Å². The summed E-state index contributed by atoms with van der Waals surface area (Å²) >= 11 is 1.58. The van der Waals surface area contributed by atoms with Crippen LogP contribution < -0.4 is 9.47 Å². The Balaban J connectivity index is 1.49. The first-order valence-corrected chi connectivity index (χ1v) is 11.6. The summed E-state index contributed by atoms with van der Waals surface area (Å²) in [6.45, 7) is 7.80. The molecule has 0 unspecified atom stereocenters. The number of aromatic hydroxyl groups is 2. The molecule has 3 aromatic carbocycles. The van der Waals surface area contributed by atoms with Gasteiger partial charge in [0.05, 0.1) is 0 Å². The van der Waals surface area contributed by atoms with E-state index in [1.165, 1.54) is 6.07 Å². The van der Waals surface area contributed by atoms with Gasteiger partial charge in [0.15, 0.2) is 11.5 Å². The van der Waals surface area contributed by atoms with Crippen molar-refractivity contribution in [3.63, 3.8) is 0 Å². The minimum Gasteiger partial charge on any atom is -0.507 e. The summed E-state index contributed by atoms with van der Waals surface area (Å²) in [4.78, 5) is 3.21. The van der Waals surface area contributed by atoms with Crippen LogP contribution >= 0.6 is 11.3 Å². The molecule has 0 spiro atoms. The molecule has 1 heterocycles. The number of phenols is 2. The van der Waals surface area contributed by atoms with E-state index >= 15 is 0 Å². The number of fused-ring (bicyclic) bond motifs is 1. The maximum Gasteiger partial charge on any atom is 0.169 e. The van der Waals surface area contributed by atoms with Crippen molar-refractivity contribution in [2.75, 3.05) is 26.2 Å². The quantitative estimate of drug-likeness (QED) is 0.306. The molecule has 0 saturated carbocycles. The first-order chi connectivity index (χ1) is 15.6. The normalized spacial score (nSPS) is 11.2. The van der Waals surface area contributed by atoms with Crippen molar-refractivity contribution in [1.82, 2.24) is 4.90 Å². The number of ether oxygens (including phenoxy) is 2. The van der Waals surface area contributed by atoms with E-state index < -0.39 is 0 Å². The third kappa shape index (κ3) is 4.98. The fraction of sp³-hybridized carbons (Fsp3) is 0.231. The zero-order valence-corrected chi connectivity index (χ0v) is 19.1. The van der Waals surface area contributed by atoms with E-state index in [4.69, 9.17) is 9.47 Å². The van der Waals surface area contributed by atoms with Crippen molar-refractivity contribution in [1.29, 1.82) is 0 Å². The van der Waals surface area contributed by atoms with E-state index in [1.54, 1.807) is 29.5 Å². The van der Waals surface area contributed by atoms with Crippen LogP contribution in [0.4, 0.5) is 0 Å². The van der Waals surface area contributed by atoms with Gasteiger partial charge in [-0.3, -0.25) is 0 Å². The largest absolute Gasteiger partial charge is 0.507 e. The predicted octanol–water partition coefficient (Wildman–Crippen LogP) is 6.49. The number of nitrogens with zero attached hydrogens (tertiary/aromatic N) is 1. The Morgan fingerprint density at radius 1 is 0.844 bits per heavy atom. The average Bonchev–Trinajstić information content (AvgIpc) is 3.23. The Labute approximate surface area is 192 Å². The lowest BCUT2D eigenvalue weighted by atomic mass is 10.1. The molecule has 4 rings (SSSR count). The van der Waals surface area contributed by atoms with Gasteiger partial charge in [-0.05, 0) is 60.9 Å². The minimum atomic E-state index is -0.119. The number of phenolic OH excluding ortho intramolecular Hbond substituents is 2. The molecule has 0 saturated heterocycles. The molecular formula is C26H27NO4S. The van der Waals surface area contributed by atoms with Crippen molar-refractivity contribution in [3.05, 3.63) is 66.7 Å². The van der Waals surface area contributed by atoms with Gasteiger partial charge < -0.3 is 24.6 Å². The number of benzene rings is 3. The van der Waals surface area contributed by atoms with Crippen molar-refractivity contribution < 1.29 is 19.7 Å². The molecule has 0 amide bonds. The number of thiophene rings is 1. The van der Waals surface area contributed by atoms with Crippen molar-refractivity contribution >= 4 is 21.4 Å². The van der Waals surface area contributed by atoms with Crippen LogP contribution in [0.2, 0.25) is 0 Å². The van der Waals surface area contributed by atoms with E-state index in [1.807, 2.05) is 42.5 Å². The predicted molar refractivity (Wildman–Crippen MR) is 130 cm³/mol. The number of likely N-dealkylation sites (N-methyl/N-ethyl adjacent to an activating group) is 1. The Bertz CT molecular complexity index is 1150. The summed E-state index contributed by atoms with van der Waals surface area (Å²) in [5.74, 6) is 1.52. The van der Waals surface area contributed by atoms with Gasteiger partial charge in [-0.25, -0.2) is 0 Å². The monoisotopic (exact) mass is 449 g/mol. The maximum absolute atomic E-state index is 10.4. The van der Waals surface area contributed by atoms with Crippen molar-refractivity contribution in [2.45, 2.75) is 13.8 Å². The zero-order chi connectivity index (χ0) is 22.5. The van der Waals surface area contributed by atoms with Crippen LogP contribution in [0.3, 0.4) is 0 Å². The average molecular weight is 450 g/mol. The van der Waals surface area contributed by atoms with Gasteiger partial charge in [0.2, 0.25) is 0 Å². The van der Waals surface area contributed by atoms with E-state index in [2.05, 4.69) is 18.7 Å². The number of rotatable bonds is 9. The summed E-state index contributed by atoms with van der Waals surface area (Å²) < 4.78 is 12.9. The highest BCUT2D eigenvalue weighted by atomic mass is 32.1. The lowest BCUT2D eigenvalue weighted by molar-refractivity contribution is 0.222. The van der Waals surface area contributed by atoms with Gasteiger partial charge in [-0.1, -0.05) is 32.0 Å². The maximum atomic E-state index is 10.4. The molecule has 0 fully saturated rings. The van der Waals surface area contributed by atoms with Gasteiger partial charge in [0.25, 0.3) is 0 Å². The molecule has 0 aliphatic rings. The van der Waals surface area contributed by atoms with Gasteiger partial charge in [-0.2, -0.15) is 0 Å². The third-order valence-electron chi connectivity index (χ3n) is 5.39. The Morgan fingerprint density at radius 2 is 1.56 bits per heavy atom. The Hall–Kier alpha value is -3.22. The van der Waals surface area contributed by atoms with Gasteiger partial charge >= 0.3 is 0 Å². The highest BCUT2D eigenvalue weighted by Crippen LogP contribution is 2.44. The molecule has 0 radical (unpaired) electrons. The second-order valence-electron chi connectivity index (χ2n) is 7.43. The molecule has 32 heavy (non-hydrogen) atoms. The summed E-state index contributed by atoms with van der Waals surface area (Å²) in [6.07, 6.45) is 0. The second-order valence-corrected chi connectivity index (χ2v) is 8.52. The standard InChI is InChI=1S/C26H27NO4S/c1-3-27(4-2)13-14-30-19-9-11-20(12-10-19)31-24-16-21(22(28)17-23(24)29)26-15-18-7-5-6-8-25(18)32-26/h5-12,15-17,28-29H,3-4,13-14H2,1-2H3. The molecule has 1 aromatic heterocycles. The molecule has 6 heteroatoms. The van der Waals surface area contributed by atoms with E-state index in [9.17, 15) is 10.2 Å².